The number of carbonyl (C=O) groups is 2. The number of piperidine rings is 1. The zero-order chi connectivity index (χ0) is 16.9. The predicted molar refractivity (Wildman–Crippen MR) is 92.2 cm³/mol. The number of nitrogens with one attached hydrogen (secondary N) is 1. The first-order valence-corrected chi connectivity index (χ1v) is 8.66. The van der Waals surface area contributed by atoms with Crippen LogP contribution < -0.4 is 5.32 Å². The minimum atomic E-state index is -0.0856. The maximum absolute atomic E-state index is 12.5. The Balaban J connectivity index is 1.64. The van der Waals surface area contributed by atoms with E-state index in [2.05, 4.69) is 12.2 Å². The second-order valence-electron chi connectivity index (χ2n) is 6.61. The molecule has 0 spiro atoms. The van der Waals surface area contributed by atoms with E-state index >= 15 is 0 Å². The van der Waals surface area contributed by atoms with Crippen molar-refractivity contribution in [1.82, 2.24) is 9.80 Å². The average molecular weight is 331 g/mol. The van der Waals surface area contributed by atoms with E-state index in [9.17, 15) is 9.59 Å². The lowest BCUT2D eigenvalue weighted by molar-refractivity contribution is 0.0303. The van der Waals surface area contributed by atoms with Crippen LogP contribution in [0.2, 0.25) is 0 Å². The molecular weight excluding hydrogens is 306 g/mol. The van der Waals surface area contributed by atoms with Crippen molar-refractivity contribution in [3.05, 3.63) is 29.8 Å². The fraction of sp³-hybridized carbons (Fsp3) is 0.556. The lowest BCUT2D eigenvalue weighted by Gasteiger charge is -2.31. The Kier molecular flexibility index (Phi) is 5.35. The van der Waals surface area contributed by atoms with E-state index in [1.54, 1.807) is 17.0 Å². The summed E-state index contributed by atoms with van der Waals surface area (Å²) in [7, 11) is 0. The number of amides is 3. The lowest BCUT2D eigenvalue weighted by atomic mass is 10.0. The van der Waals surface area contributed by atoms with Crippen LogP contribution >= 0.6 is 0 Å². The number of urea groups is 1. The molecule has 1 atom stereocenters. The lowest BCUT2D eigenvalue weighted by Crippen LogP contribution is -2.42. The van der Waals surface area contributed by atoms with Crippen LogP contribution in [0.15, 0.2) is 24.3 Å². The number of hydrogen-bond donors (Lipinski definition) is 1. The molecule has 130 valence electrons. The molecule has 0 bridgehead atoms. The van der Waals surface area contributed by atoms with Crippen molar-refractivity contribution in [2.45, 2.75) is 19.8 Å². The molecule has 2 saturated heterocycles. The van der Waals surface area contributed by atoms with Crippen molar-refractivity contribution in [1.29, 1.82) is 0 Å². The molecule has 1 N–H and O–H groups in total. The maximum atomic E-state index is 12.5. The third kappa shape index (κ3) is 4.06. The zero-order valence-electron chi connectivity index (χ0n) is 14.2. The highest BCUT2D eigenvalue weighted by Crippen LogP contribution is 2.18. The normalized spacial score (nSPS) is 21.5. The second kappa shape index (κ2) is 7.66. The number of likely N-dealkylation sites (tertiary alicyclic amines) is 1. The van der Waals surface area contributed by atoms with Crippen molar-refractivity contribution in [3.8, 4) is 0 Å². The van der Waals surface area contributed by atoms with E-state index in [1.165, 1.54) is 6.42 Å². The molecule has 3 amide bonds. The van der Waals surface area contributed by atoms with Gasteiger partial charge in [-0.05, 0) is 37.0 Å². The summed E-state index contributed by atoms with van der Waals surface area (Å²) >= 11 is 0. The van der Waals surface area contributed by atoms with Gasteiger partial charge in [0.05, 0.1) is 13.2 Å². The van der Waals surface area contributed by atoms with E-state index in [4.69, 9.17) is 4.74 Å². The van der Waals surface area contributed by atoms with E-state index in [0.29, 0.717) is 43.5 Å². The van der Waals surface area contributed by atoms with Crippen molar-refractivity contribution in [2.24, 2.45) is 5.92 Å². The first-order valence-electron chi connectivity index (χ1n) is 8.66. The number of anilines is 1. The summed E-state index contributed by atoms with van der Waals surface area (Å²) in [5, 5.41) is 2.92. The fourth-order valence-electron chi connectivity index (χ4n) is 3.26. The number of morpholine rings is 1. The quantitative estimate of drug-likeness (QED) is 0.905. The summed E-state index contributed by atoms with van der Waals surface area (Å²) < 4.78 is 5.28. The Hall–Kier alpha value is -2.08. The van der Waals surface area contributed by atoms with Crippen molar-refractivity contribution in [3.63, 3.8) is 0 Å². The third-order valence-corrected chi connectivity index (χ3v) is 4.60. The molecule has 2 fully saturated rings. The first-order chi connectivity index (χ1) is 11.6. The Labute approximate surface area is 142 Å². The third-order valence-electron chi connectivity index (χ3n) is 4.60. The van der Waals surface area contributed by atoms with Gasteiger partial charge in [0.1, 0.15) is 0 Å². The van der Waals surface area contributed by atoms with Gasteiger partial charge < -0.3 is 19.9 Å². The molecule has 24 heavy (non-hydrogen) atoms. The highest BCUT2D eigenvalue weighted by atomic mass is 16.5. The number of hydrogen-bond acceptors (Lipinski definition) is 3. The molecule has 2 aliphatic rings. The zero-order valence-corrected chi connectivity index (χ0v) is 14.2. The van der Waals surface area contributed by atoms with Crippen molar-refractivity contribution in [2.75, 3.05) is 44.7 Å². The van der Waals surface area contributed by atoms with E-state index < -0.39 is 0 Å². The highest BCUT2D eigenvalue weighted by molar-refractivity contribution is 5.97. The van der Waals surface area contributed by atoms with E-state index in [1.807, 2.05) is 17.0 Å². The SMILES string of the molecule is C[C@H]1CCCN(C(=O)Nc2cccc(C(=O)N3CCOCC3)c2)C1. The molecule has 0 aliphatic carbocycles. The summed E-state index contributed by atoms with van der Waals surface area (Å²) in [5.41, 5.74) is 1.26. The van der Waals surface area contributed by atoms with Crippen molar-refractivity contribution < 1.29 is 14.3 Å². The van der Waals surface area contributed by atoms with Gasteiger partial charge >= 0.3 is 6.03 Å². The summed E-state index contributed by atoms with van der Waals surface area (Å²) in [4.78, 5) is 28.6. The molecule has 1 aromatic carbocycles. The Morgan fingerprint density at radius 3 is 2.71 bits per heavy atom. The molecule has 0 saturated carbocycles. The van der Waals surface area contributed by atoms with Crippen LogP contribution in [0.4, 0.5) is 10.5 Å². The van der Waals surface area contributed by atoms with Gasteiger partial charge in [-0.2, -0.15) is 0 Å². The molecule has 1 aromatic rings. The largest absolute Gasteiger partial charge is 0.378 e. The minimum absolute atomic E-state index is 0.0130. The summed E-state index contributed by atoms with van der Waals surface area (Å²) in [6.45, 7) is 6.13. The first kappa shape index (κ1) is 16.8. The second-order valence-corrected chi connectivity index (χ2v) is 6.61. The molecule has 0 unspecified atom stereocenters. The summed E-state index contributed by atoms with van der Waals surface area (Å²) in [6.07, 6.45) is 2.22. The Morgan fingerprint density at radius 1 is 1.17 bits per heavy atom. The Morgan fingerprint density at radius 2 is 1.96 bits per heavy atom. The van der Waals surface area contributed by atoms with Crippen LogP contribution in [0, 0.1) is 5.92 Å². The van der Waals surface area contributed by atoms with Gasteiger partial charge in [-0.15, -0.1) is 0 Å². The van der Waals surface area contributed by atoms with Crippen LogP contribution in [0.3, 0.4) is 0 Å². The van der Waals surface area contributed by atoms with Crippen molar-refractivity contribution >= 4 is 17.6 Å². The van der Waals surface area contributed by atoms with Gasteiger partial charge in [-0.1, -0.05) is 13.0 Å². The van der Waals surface area contributed by atoms with Crippen LogP contribution in [0.25, 0.3) is 0 Å². The number of benzene rings is 1. The molecule has 6 heteroatoms. The molecule has 0 radical (unpaired) electrons. The number of nitrogens with zero attached hydrogens (tertiary/aromatic N) is 2. The standard InChI is InChI=1S/C18H25N3O3/c1-14-4-3-7-21(13-14)18(23)19-16-6-2-5-15(12-16)17(22)20-8-10-24-11-9-20/h2,5-6,12,14H,3-4,7-11,13H2,1H3,(H,19,23)/t14-/m0/s1. The molecular formula is C18H25N3O3. The number of ether oxygens (including phenoxy) is 1. The van der Waals surface area contributed by atoms with Gasteiger partial charge in [0.15, 0.2) is 0 Å². The van der Waals surface area contributed by atoms with Gasteiger partial charge in [0, 0.05) is 37.4 Å². The molecule has 6 nitrogen and oxygen atoms in total. The van der Waals surface area contributed by atoms with Gasteiger partial charge in [-0.3, -0.25) is 4.79 Å². The smallest absolute Gasteiger partial charge is 0.321 e. The summed E-state index contributed by atoms with van der Waals surface area (Å²) in [5.74, 6) is 0.528. The van der Waals surface area contributed by atoms with Gasteiger partial charge in [-0.25, -0.2) is 4.79 Å². The molecule has 3 rings (SSSR count). The number of carbonyl (C=O) groups excluding carboxylic acids is 2. The number of rotatable bonds is 2. The molecule has 0 aromatic heterocycles. The Bertz CT molecular complexity index is 599. The summed E-state index contributed by atoms with van der Waals surface area (Å²) in [6, 6.07) is 7.08. The average Bonchev–Trinajstić information content (AvgIpc) is 2.62. The topological polar surface area (TPSA) is 61.9 Å². The van der Waals surface area contributed by atoms with Gasteiger partial charge in [0.2, 0.25) is 0 Å². The van der Waals surface area contributed by atoms with Crippen LogP contribution in [0.1, 0.15) is 30.1 Å². The van der Waals surface area contributed by atoms with Crippen LogP contribution in [0.5, 0.6) is 0 Å². The minimum Gasteiger partial charge on any atom is -0.378 e. The highest BCUT2D eigenvalue weighted by Gasteiger charge is 2.22. The van der Waals surface area contributed by atoms with Crippen LogP contribution in [-0.2, 0) is 4.74 Å². The van der Waals surface area contributed by atoms with E-state index in [-0.39, 0.29) is 11.9 Å². The predicted octanol–water partition coefficient (Wildman–Crippen LogP) is 2.42. The van der Waals surface area contributed by atoms with E-state index in [0.717, 1.165) is 19.5 Å². The monoisotopic (exact) mass is 331 g/mol. The fourth-order valence-corrected chi connectivity index (χ4v) is 3.26. The maximum Gasteiger partial charge on any atom is 0.321 e. The van der Waals surface area contributed by atoms with Gasteiger partial charge in [0.25, 0.3) is 5.91 Å². The molecule has 2 aliphatic heterocycles. The van der Waals surface area contributed by atoms with Crippen LogP contribution in [-0.4, -0.2) is 61.1 Å². The molecule has 2 heterocycles.